The fourth-order valence-corrected chi connectivity index (χ4v) is 7.89. The predicted molar refractivity (Wildman–Crippen MR) is 239 cm³/mol. The van der Waals surface area contributed by atoms with E-state index in [9.17, 15) is 0 Å². The number of aromatic nitrogens is 2. The van der Waals surface area contributed by atoms with Gasteiger partial charge in [-0.05, 0) is 86.8 Å². The van der Waals surface area contributed by atoms with Crippen molar-refractivity contribution < 1.29 is 0 Å². The van der Waals surface area contributed by atoms with Crippen LogP contribution in [0.1, 0.15) is 5.56 Å². The molecule has 57 heavy (non-hydrogen) atoms. The number of nitrogens with zero attached hydrogens (tertiary/aromatic N) is 3. The molecule has 1 aromatic heterocycles. The van der Waals surface area contributed by atoms with Crippen LogP contribution in [0.4, 0.5) is 17.1 Å². The second-order valence-corrected chi connectivity index (χ2v) is 14.4. The van der Waals surface area contributed by atoms with Crippen molar-refractivity contribution in [3.05, 3.63) is 212 Å². The number of hydrogen-bond acceptors (Lipinski definition) is 4. The quantitative estimate of drug-likeness (QED) is 0.169. The highest BCUT2D eigenvalue weighted by Gasteiger charge is 2.20. The average Bonchev–Trinajstić information content (AvgIpc) is 3.29. The molecule has 9 aromatic carbocycles. The summed E-state index contributed by atoms with van der Waals surface area (Å²) in [4.78, 5) is 13.5. The molecule has 0 saturated heterocycles. The van der Waals surface area contributed by atoms with Crippen molar-refractivity contribution in [2.75, 3.05) is 4.90 Å². The molecule has 4 nitrogen and oxygen atoms in total. The van der Waals surface area contributed by atoms with Crippen LogP contribution in [0.25, 0.3) is 77.3 Å². The standard InChI is InChI=1S/C53H38N4/c54-35-36-19-27-46(28-20-36)57(45-17-5-2-6-18-45)47-29-25-40(26-30-47)51-50(39-13-3-1-4-14-39)55-52-48(43-23-21-37-11-7-9-15-41(37)33-43)31-32-49(53(52)56-51)44-24-22-38-12-8-10-16-42(38)34-44/h1-34H,35,54H2. The van der Waals surface area contributed by atoms with Gasteiger partial charge in [-0.2, -0.15) is 0 Å². The Kier molecular flexibility index (Phi) is 8.79. The van der Waals surface area contributed by atoms with E-state index in [1.165, 1.54) is 21.5 Å². The van der Waals surface area contributed by atoms with E-state index in [1.54, 1.807) is 0 Å². The first-order valence-electron chi connectivity index (χ1n) is 19.3. The van der Waals surface area contributed by atoms with Gasteiger partial charge in [0.1, 0.15) is 0 Å². The molecule has 0 spiro atoms. The summed E-state index contributed by atoms with van der Waals surface area (Å²) in [5, 5.41) is 4.79. The van der Waals surface area contributed by atoms with E-state index < -0.39 is 0 Å². The number of nitrogens with two attached hydrogens (primary N) is 1. The van der Waals surface area contributed by atoms with Gasteiger partial charge in [0.25, 0.3) is 0 Å². The molecule has 10 rings (SSSR count). The lowest BCUT2D eigenvalue weighted by Crippen LogP contribution is -2.10. The molecule has 0 atom stereocenters. The molecule has 0 fully saturated rings. The molecule has 2 N–H and O–H groups in total. The molecule has 10 aromatic rings. The van der Waals surface area contributed by atoms with E-state index in [4.69, 9.17) is 15.7 Å². The number of fused-ring (bicyclic) bond motifs is 3. The zero-order valence-corrected chi connectivity index (χ0v) is 31.3. The average molecular weight is 731 g/mol. The van der Waals surface area contributed by atoms with Gasteiger partial charge < -0.3 is 10.6 Å². The Morgan fingerprint density at radius 1 is 0.351 bits per heavy atom. The van der Waals surface area contributed by atoms with Crippen LogP contribution in [0.3, 0.4) is 0 Å². The van der Waals surface area contributed by atoms with Gasteiger partial charge in [-0.3, -0.25) is 0 Å². The number of rotatable bonds is 8. The van der Waals surface area contributed by atoms with Crippen LogP contribution in [0.5, 0.6) is 0 Å². The van der Waals surface area contributed by atoms with E-state index in [1.807, 2.05) is 12.1 Å². The van der Waals surface area contributed by atoms with Gasteiger partial charge in [-0.25, -0.2) is 9.97 Å². The third-order valence-corrected chi connectivity index (χ3v) is 10.8. The molecule has 270 valence electrons. The van der Waals surface area contributed by atoms with Crippen molar-refractivity contribution in [3.63, 3.8) is 0 Å². The fraction of sp³-hybridized carbons (Fsp3) is 0.0189. The van der Waals surface area contributed by atoms with Crippen molar-refractivity contribution in [3.8, 4) is 44.8 Å². The molecule has 0 unspecified atom stereocenters. The first-order valence-corrected chi connectivity index (χ1v) is 19.3. The number of hydrogen-bond donors (Lipinski definition) is 1. The maximum atomic E-state index is 5.96. The zero-order chi connectivity index (χ0) is 38.1. The summed E-state index contributed by atoms with van der Waals surface area (Å²) in [6, 6.07) is 72.8. The van der Waals surface area contributed by atoms with Crippen LogP contribution >= 0.6 is 0 Å². The normalized spacial score (nSPS) is 11.3. The number of para-hydroxylation sites is 1. The largest absolute Gasteiger partial charge is 0.326 e. The third-order valence-electron chi connectivity index (χ3n) is 10.8. The van der Waals surface area contributed by atoms with Crippen molar-refractivity contribution in [2.24, 2.45) is 5.73 Å². The van der Waals surface area contributed by atoms with Crippen molar-refractivity contribution in [2.45, 2.75) is 6.54 Å². The molecular formula is C53H38N4. The highest BCUT2D eigenvalue weighted by Crippen LogP contribution is 2.41. The van der Waals surface area contributed by atoms with Gasteiger partial charge in [-0.1, -0.05) is 158 Å². The molecule has 0 aliphatic rings. The van der Waals surface area contributed by atoms with E-state index in [0.717, 1.165) is 78.4 Å². The Balaban J connectivity index is 1.19. The second kappa shape index (κ2) is 14.7. The zero-order valence-electron chi connectivity index (χ0n) is 31.3. The summed E-state index contributed by atoms with van der Waals surface area (Å²) in [6.07, 6.45) is 0. The monoisotopic (exact) mass is 730 g/mol. The van der Waals surface area contributed by atoms with Crippen molar-refractivity contribution in [1.82, 2.24) is 9.97 Å². The molecule has 4 heteroatoms. The molecule has 0 aliphatic heterocycles. The highest BCUT2D eigenvalue weighted by atomic mass is 15.1. The highest BCUT2D eigenvalue weighted by molar-refractivity contribution is 6.05. The summed E-state index contributed by atoms with van der Waals surface area (Å²) in [5.41, 5.74) is 19.9. The fourth-order valence-electron chi connectivity index (χ4n) is 7.89. The first-order chi connectivity index (χ1) is 28.2. The summed E-state index contributed by atoms with van der Waals surface area (Å²) in [5.74, 6) is 0. The molecule has 0 amide bonds. The van der Waals surface area contributed by atoms with E-state index in [2.05, 4.69) is 199 Å². The van der Waals surface area contributed by atoms with Gasteiger partial charge in [0.15, 0.2) is 0 Å². The smallest absolute Gasteiger partial charge is 0.0979 e. The van der Waals surface area contributed by atoms with Gasteiger partial charge >= 0.3 is 0 Å². The SMILES string of the molecule is NCc1ccc(N(c2ccccc2)c2ccc(-c3nc4c(-c5ccc6ccccc6c5)ccc(-c5ccc6ccccc6c5)c4nc3-c3ccccc3)cc2)cc1. The minimum Gasteiger partial charge on any atom is -0.326 e. The molecule has 0 saturated carbocycles. The van der Waals surface area contributed by atoms with Crippen LogP contribution in [0.2, 0.25) is 0 Å². The third kappa shape index (κ3) is 6.48. The van der Waals surface area contributed by atoms with Crippen LogP contribution < -0.4 is 10.6 Å². The minimum absolute atomic E-state index is 0.503. The van der Waals surface area contributed by atoms with Crippen LogP contribution in [-0.4, -0.2) is 9.97 Å². The van der Waals surface area contributed by atoms with Gasteiger partial charge in [0.05, 0.1) is 22.4 Å². The molecule has 0 bridgehead atoms. The van der Waals surface area contributed by atoms with Gasteiger partial charge in [0.2, 0.25) is 0 Å². The van der Waals surface area contributed by atoms with Crippen LogP contribution in [0, 0.1) is 0 Å². The van der Waals surface area contributed by atoms with Crippen molar-refractivity contribution in [1.29, 1.82) is 0 Å². The Morgan fingerprint density at radius 3 is 1.26 bits per heavy atom. The maximum absolute atomic E-state index is 5.96. The Hall–Kier alpha value is -7.40. The first kappa shape index (κ1) is 34.1. The summed E-state index contributed by atoms with van der Waals surface area (Å²) in [6.45, 7) is 0.503. The maximum Gasteiger partial charge on any atom is 0.0979 e. The lowest BCUT2D eigenvalue weighted by Gasteiger charge is -2.26. The Morgan fingerprint density at radius 2 is 0.754 bits per heavy atom. The van der Waals surface area contributed by atoms with Crippen molar-refractivity contribution >= 4 is 49.6 Å². The van der Waals surface area contributed by atoms with E-state index in [0.29, 0.717) is 6.54 Å². The van der Waals surface area contributed by atoms with E-state index >= 15 is 0 Å². The molecular weight excluding hydrogens is 693 g/mol. The Bertz CT molecular complexity index is 3030. The van der Waals surface area contributed by atoms with Crippen LogP contribution in [-0.2, 0) is 6.54 Å². The molecule has 0 radical (unpaired) electrons. The summed E-state index contributed by atoms with van der Waals surface area (Å²) < 4.78 is 0. The Labute approximate surface area is 332 Å². The topological polar surface area (TPSA) is 55.0 Å². The second-order valence-electron chi connectivity index (χ2n) is 14.4. The number of benzene rings is 9. The summed E-state index contributed by atoms with van der Waals surface area (Å²) in [7, 11) is 0. The van der Waals surface area contributed by atoms with Crippen LogP contribution in [0.15, 0.2) is 206 Å². The van der Waals surface area contributed by atoms with E-state index in [-0.39, 0.29) is 0 Å². The molecule has 0 aliphatic carbocycles. The summed E-state index contributed by atoms with van der Waals surface area (Å²) >= 11 is 0. The van der Waals surface area contributed by atoms with Gasteiger partial charge in [-0.15, -0.1) is 0 Å². The minimum atomic E-state index is 0.503. The molecule has 1 heterocycles. The number of anilines is 3. The van der Waals surface area contributed by atoms with Gasteiger partial charge in [0, 0.05) is 45.9 Å². The predicted octanol–water partition coefficient (Wildman–Crippen LogP) is 13.5. The lowest BCUT2D eigenvalue weighted by atomic mass is 9.94. The lowest BCUT2D eigenvalue weighted by molar-refractivity contribution is 1.07.